The second-order valence-electron chi connectivity index (χ2n) is 5.92. The van der Waals surface area contributed by atoms with Crippen molar-refractivity contribution in [1.29, 1.82) is 0 Å². The van der Waals surface area contributed by atoms with E-state index in [1.54, 1.807) is 29.2 Å². The normalized spacial score (nSPS) is 23.0. The summed E-state index contributed by atoms with van der Waals surface area (Å²) in [6.07, 6.45) is 0.328. The quantitative estimate of drug-likeness (QED) is 0.830. The first-order valence-corrected chi connectivity index (χ1v) is 9.66. The standard InChI is InChI=1S/C15H20ClN3O4S/c16-13-1-3-14(4-2-13)19-11-12(9-15(19)20)10-17-24(21,22)18-5-7-23-8-6-18/h1-4,12,17H,5-11H2. The van der Waals surface area contributed by atoms with Crippen LogP contribution in [-0.4, -0.2) is 58.0 Å². The van der Waals surface area contributed by atoms with Crippen LogP contribution in [0, 0.1) is 5.92 Å². The maximum atomic E-state index is 12.3. The monoisotopic (exact) mass is 373 g/mol. The smallest absolute Gasteiger partial charge is 0.279 e. The van der Waals surface area contributed by atoms with E-state index in [2.05, 4.69) is 4.72 Å². The molecule has 0 spiro atoms. The second kappa shape index (κ2) is 7.37. The Morgan fingerprint density at radius 3 is 2.54 bits per heavy atom. The van der Waals surface area contributed by atoms with Crippen molar-refractivity contribution in [3.05, 3.63) is 29.3 Å². The van der Waals surface area contributed by atoms with E-state index < -0.39 is 10.2 Å². The number of hydrogen-bond acceptors (Lipinski definition) is 4. The van der Waals surface area contributed by atoms with Gasteiger partial charge in [-0.05, 0) is 30.2 Å². The summed E-state index contributed by atoms with van der Waals surface area (Å²) < 4.78 is 33.7. The van der Waals surface area contributed by atoms with Crippen LogP contribution in [0.1, 0.15) is 6.42 Å². The van der Waals surface area contributed by atoms with E-state index in [0.29, 0.717) is 44.3 Å². The number of morpholine rings is 1. The molecule has 132 valence electrons. The molecule has 0 saturated carbocycles. The van der Waals surface area contributed by atoms with Crippen LogP contribution < -0.4 is 9.62 Å². The van der Waals surface area contributed by atoms with Crippen molar-refractivity contribution >= 4 is 33.4 Å². The summed E-state index contributed by atoms with van der Waals surface area (Å²) in [6.45, 7) is 2.27. The van der Waals surface area contributed by atoms with Crippen molar-refractivity contribution < 1.29 is 17.9 Å². The van der Waals surface area contributed by atoms with Crippen LogP contribution in [0.3, 0.4) is 0 Å². The fourth-order valence-corrected chi connectivity index (χ4v) is 4.27. The topological polar surface area (TPSA) is 79.0 Å². The highest BCUT2D eigenvalue weighted by atomic mass is 35.5. The largest absolute Gasteiger partial charge is 0.379 e. The predicted octanol–water partition coefficient (Wildman–Crippen LogP) is 0.860. The molecule has 1 atom stereocenters. The molecule has 2 saturated heterocycles. The summed E-state index contributed by atoms with van der Waals surface area (Å²) in [4.78, 5) is 13.9. The van der Waals surface area contributed by atoms with Gasteiger partial charge in [0.1, 0.15) is 0 Å². The van der Waals surface area contributed by atoms with E-state index in [-0.39, 0.29) is 18.4 Å². The number of nitrogens with zero attached hydrogens (tertiary/aromatic N) is 2. The van der Waals surface area contributed by atoms with Gasteiger partial charge in [0.2, 0.25) is 5.91 Å². The Balaban J connectivity index is 1.57. The first-order valence-electron chi connectivity index (χ1n) is 7.84. The zero-order valence-corrected chi connectivity index (χ0v) is 14.7. The Hall–Kier alpha value is -1.19. The van der Waals surface area contributed by atoms with Crippen molar-refractivity contribution in [3.8, 4) is 0 Å². The first kappa shape index (κ1) is 17.6. The van der Waals surface area contributed by atoms with Gasteiger partial charge in [0.25, 0.3) is 10.2 Å². The minimum atomic E-state index is -3.52. The molecular formula is C15H20ClN3O4S. The third kappa shape index (κ3) is 4.07. The van der Waals surface area contributed by atoms with Crippen LogP contribution in [0.4, 0.5) is 5.69 Å². The summed E-state index contributed by atoms with van der Waals surface area (Å²) in [5.74, 6) is -0.0584. The Bertz CT molecular complexity index is 689. The van der Waals surface area contributed by atoms with Crippen molar-refractivity contribution in [1.82, 2.24) is 9.03 Å². The zero-order valence-electron chi connectivity index (χ0n) is 13.2. The average Bonchev–Trinajstić information content (AvgIpc) is 2.96. The number of halogens is 1. The van der Waals surface area contributed by atoms with E-state index >= 15 is 0 Å². The highest BCUT2D eigenvalue weighted by molar-refractivity contribution is 7.87. The molecule has 1 amide bonds. The van der Waals surface area contributed by atoms with Crippen LogP contribution in [0.5, 0.6) is 0 Å². The summed E-state index contributed by atoms with van der Waals surface area (Å²) in [6, 6.07) is 7.05. The number of carbonyl (C=O) groups excluding carboxylic acids is 1. The molecule has 2 aliphatic rings. The number of benzene rings is 1. The third-order valence-electron chi connectivity index (χ3n) is 4.21. The molecule has 3 rings (SSSR count). The summed E-state index contributed by atoms with van der Waals surface area (Å²) in [5, 5.41) is 0.611. The molecule has 7 nitrogen and oxygen atoms in total. The van der Waals surface area contributed by atoms with Crippen LogP contribution in [0.2, 0.25) is 5.02 Å². The average molecular weight is 374 g/mol. The molecule has 0 aliphatic carbocycles. The van der Waals surface area contributed by atoms with Gasteiger partial charge in [-0.25, -0.2) is 4.72 Å². The van der Waals surface area contributed by atoms with Crippen LogP contribution >= 0.6 is 11.6 Å². The highest BCUT2D eigenvalue weighted by Gasteiger charge is 2.32. The van der Waals surface area contributed by atoms with Gasteiger partial charge in [0, 0.05) is 43.3 Å². The maximum Gasteiger partial charge on any atom is 0.279 e. The van der Waals surface area contributed by atoms with Gasteiger partial charge in [-0.15, -0.1) is 0 Å². The van der Waals surface area contributed by atoms with E-state index in [9.17, 15) is 13.2 Å². The summed E-state index contributed by atoms with van der Waals surface area (Å²) in [7, 11) is -3.52. The van der Waals surface area contributed by atoms with Gasteiger partial charge >= 0.3 is 0 Å². The van der Waals surface area contributed by atoms with Gasteiger partial charge in [0.05, 0.1) is 13.2 Å². The van der Waals surface area contributed by atoms with E-state index in [1.807, 2.05) is 0 Å². The first-order chi connectivity index (χ1) is 11.5. The van der Waals surface area contributed by atoms with Crippen molar-refractivity contribution in [2.24, 2.45) is 5.92 Å². The molecule has 24 heavy (non-hydrogen) atoms. The number of rotatable bonds is 5. The maximum absolute atomic E-state index is 12.3. The number of carbonyl (C=O) groups is 1. The SMILES string of the molecule is O=C1CC(CNS(=O)(=O)N2CCOCC2)CN1c1ccc(Cl)cc1. The minimum absolute atomic E-state index is 0.00658. The van der Waals surface area contributed by atoms with E-state index in [1.165, 1.54) is 4.31 Å². The summed E-state index contributed by atoms with van der Waals surface area (Å²) >= 11 is 5.86. The molecule has 2 fully saturated rings. The second-order valence-corrected chi connectivity index (χ2v) is 8.11. The van der Waals surface area contributed by atoms with Crippen molar-refractivity contribution in [3.63, 3.8) is 0 Å². The number of anilines is 1. The lowest BCUT2D eigenvalue weighted by Gasteiger charge is -2.26. The zero-order chi connectivity index (χ0) is 17.2. The Kier molecular flexibility index (Phi) is 5.41. The molecule has 2 aliphatic heterocycles. The lowest BCUT2D eigenvalue weighted by atomic mass is 10.1. The minimum Gasteiger partial charge on any atom is -0.379 e. The van der Waals surface area contributed by atoms with Crippen molar-refractivity contribution in [2.45, 2.75) is 6.42 Å². The number of ether oxygens (including phenoxy) is 1. The lowest BCUT2D eigenvalue weighted by molar-refractivity contribution is -0.117. The highest BCUT2D eigenvalue weighted by Crippen LogP contribution is 2.26. The van der Waals surface area contributed by atoms with E-state index in [0.717, 1.165) is 5.69 Å². The molecule has 2 heterocycles. The fraction of sp³-hybridized carbons (Fsp3) is 0.533. The predicted molar refractivity (Wildman–Crippen MR) is 91.2 cm³/mol. The molecule has 1 unspecified atom stereocenters. The lowest BCUT2D eigenvalue weighted by Crippen LogP contribution is -2.47. The molecule has 1 N–H and O–H groups in total. The van der Waals surface area contributed by atoms with Gasteiger partial charge in [-0.1, -0.05) is 11.6 Å². The molecule has 1 aromatic rings. The molecule has 0 aromatic heterocycles. The van der Waals surface area contributed by atoms with E-state index in [4.69, 9.17) is 16.3 Å². The molecule has 0 radical (unpaired) electrons. The number of amides is 1. The Labute approximate surface area is 146 Å². The van der Waals surface area contributed by atoms with Crippen LogP contribution in [0.25, 0.3) is 0 Å². The van der Waals surface area contributed by atoms with Crippen molar-refractivity contribution in [2.75, 3.05) is 44.3 Å². The van der Waals surface area contributed by atoms with Gasteiger partial charge in [0.15, 0.2) is 0 Å². The van der Waals surface area contributed by atoms with Crippen LogP contribution in [-0.2, 0) is 19.7 Å². The van der Waals surface area contributed by atoms with Gasteiger partial charge in [-0.2, -0.15) is 12.7 Å². The van der Waals surface area contributed by atoms with Crippen LogP contribution in [0.15, 0.2) is 24.3 Å². The fourth-order valence-electron chi connectivity index (χ4n) is 2.89. The molecule has 9 heteroatoms. The Morgan fingerprint density at radius 1 is 1.21 bits per heavy atom. The molecular weight excluding hydrogens is 354 g/mol. The number of nitrogens with one attached hydrogen (secondary N) is 1. The Morgan fingerprint density at radius 2 is 1.88 bits per heavy atom. The number of hydrogen-bond donors (Lipinski definition) is 1. The summed E-state index contributed by atoms with van der Waals surface area (Å²) in [5.41, 5.74) is 0.780. The molecule has 0 bridgehead atoms. The molecule has 1 aromatic carbocycles. The van der Waals surface area contributed by atoms with Gasteiger partial charge < -0.3 is 9.64 Å². The third-order valence-corrected chi connectivity index (χ3v) is 6.04. The van der Waals surface area contributed by atoms with Gasteiger partial charge in [-0.3, -0.25) is 4.79 Å².